The quantitative estimate of drug-likeness (QED) is 0.138. The van der Waals surface area contributed by atoms with Gasteiger partial charge in [0.15, 0.2) is 8.07 Å². The summed E-state index contributed by atoms with van der Waals surface area (Å²) in [6.07, 6.45) is 0. The number of nitrogens with zero attached hydrogens (tertiary/aromatic N) is 4. The van der Waals surface area contributed by atoms with E-state index in [1.54, 1.807) is 0 Å². The molecule has 0 aliphatic rings. The molecule has 0 amide bonds. The lowest BCUT2D eigenvalue weighted by molar-refractivity contribution is 1.18. The zero-order valence-electron chi connectivity index (χ0n) is 27.0. The lowest BCUT2D eigenvalue weighted by Crippen LogP contribution is -2.75. The molecule has 0 bridgehead atoms. The Morgan fingerprint density at radius 1 is 0.420 bits per heavy atom. The normalized spacial score (nSPS) is 11.1. The number of para-hydroxylation sites is 1. The van der Waals surface area contributed by atoms with Gasteiger partial charge in [0, 0.05) is 16.5 Å². The molecule has 0 aliphatic heterocycles. The number of nitriles is 3. The summed E-state index contributed by atoms with van der Waals surface area (Å²) in [6.45, 7) is 0. The Morgan fingerprint density at radius 3 is 1.54 bits per heavy atom. The third-order valence-electron chi connectivity index (χ3n) is 9.59. The second-order valence-corrected chi connectivity index (χ2v) is 16.1. The van der Waals surface area contributed by atoms with Crippen molar-refractivity contribution in [1.82, 2.24) is 4.57 Å². The summed E-state index contributed by atoms with van der Waals surface area (Å²) in [6, 6.07) is 65.0. The summed E-state index contributed by atoms with van der Waals surface area (Å²) in [7, 11) is -3.06. The summed E-state index contributed by atoms with van der Waals surface area (Å²) >= 11 is 0. The van der Waals surface area contributed by atoms with Crippen LogP contribution in [0.25, 0.3) is 38.6 Å². The predicted octanol–water partition coefficient (Wildman–Crippen LogP) is 7.44. The molecule has 0 radical (unpaired) electrons. The van der Waals surface area contributed by atoms with E-state index in [1.807, 2.05) is 66.7 Å². The van der Waals surface area contributed by atoms with Gasteiger partial charge in [0.05, 0.1) is 45.9 Å². The molecule has 1 heterocycles. The van der Waals surface area contributed by atoms with Crippen molar-refractivity contribution in [2.24, 2.45) is 0 Å². The molecule has 0 saturated carbocycles. The van der Waals surface area contributed by atoms with E-state index in [2.05, 4.69) is 126 Å². The zero-order valence-corrected chi connectivity index (χ0v) is 28.0. The third-order valence-corrected chi connectivity index (χ3v) is 14.4. The summed E-state index contributed by atoms with van der Waals surface area (Å²) in [5.41, 5.74) is 6.34. The van der Waals surface area contributed by atoms with Crippen LogP contribution in [0.15, 0.2) is 170 Å². The minimum absolute atomic E-state index is 0.527. The first-order chi connectivity index (χ1) is 24.6. The van der Waals surface area contributed by atoms with Crippen molar-refractivity contribution in [2.45, 2.75) is 0 Å². The van der Waals surface area contributed by atoms with Gasteiger partial charge in [0.1, 0.15) is 0 Å². The Balaban J connectivity index is 1.48. The van der Waals surface area contributed by atoms with Crippen molar-refractivity contribution in [3.63, 3.8) is 0 Å². The lowest BCUT2D eigenvalue weighted by Gasteiger charge is -2.36. The summed E-state index contributed by atoms with van der Waals surface area (Å²) < 4.78 is 2.18. The summed E-state index contributed by atoms with van der Waals surface area (Å²) in [4.78, 5) is 0. The van der Waals surface area contributed by atoms with E-state index < -0.39 is 8.07 Å². The van der Waals surface area contributed by atoms with E-state index in [0.717, 1.165) is 43.8 Å². The molecule has 0 atom stereocenters. The van der Waals surface area contributed by atoms with E-state index in [1.165, 1.54) is 15.6 Å². The molecule has 232 valence electrons. The monoisotopic (exact) mass is 652 g/mol. The maximum atomic E-state index is 10.4. The van der Waals surface area contributed by atoms with Crippen LogP contribution < -0.4 is 20.7 Å². The van der Waals surface area contributed by atoms with Crippen molar-refractivity contribution < 1.29 is 0 Å². The second kappa shape index (κ2) is 12.6. The third kappa shape index (κ3) is 4.88. The Labute approximate surface area is 291 Å². The molecule has 0 aliphatic carbocycles. The highest BCUT2D eigenvalue weighted by molar-refractivity contribution is 7.20. The highest BCUT2D eigenvalue weighted by atomic mass is 28.3. The molecule has 50 heavy (non-hydrogen) atoms. The van der Waals surface area contributed by atoms with Gasteiger partial charge in [-0.25, -0.2) is 0 Å². The van der Waals surface area contributed by atoms with Gasteiger partial charge in [-0.1, -0.05) is 115 Å². The fraction of sp³-hybridized carbons (Fsp3) is 0. The van der Waals surface area contributed by atoms with Crippen LogP contribution in [0.1, 0.15) is 16.7 Å². The molecule has 0 unspecified atom stereocenters. The van der Waals surface area contributed by atoms with Crippen LogP contribution in [-0.4, -0.2) is 12.6 Å². The van der Waals surface area contributed by atoms with Crippen LogP contribution in [-0.2, 0) is 0 Å². The molecular weight excluding hydrogens is 625 g/mol. The fourth-order valence-electron chi connectivity index (χ4n) is 7.49. The number of hydrogen-bond donors (Lipinski definition) is 0. The first-order valence-corrected chi connectivity index (χ1v) is 18.4. The molecule has 0 N–H and O–H groups in total. The van der Waals surface area contributed by atoms with Crippen LogP contribution in [0, 0.1) is 34.0 Å². The molecule has 8 aromatic rings. The van der Waals surface area contributed by atoms with Gasteiger partial charge in [-0.15, -0.1) is 0 Å². The van der Waals surface area contributed by atoms with Crippen LogP contribution in [0.4, 0.5) is 0 Å². The van der Waals surface area contributed by atoms with E-state index in [-0.39, 0.29) is 0 Å². The van der Waals surface area contributed by atoms with Gasteiger partial charge in [-0.3, -0.25) is 0 Å². The smallest absolute Gasteiger partial charge is 0.180 e. The van der Waals surface area contributed by atoms with Crippen molar-refractivity contribution in [3.8, 4) is 35.0 Å². The van der Waals surface area contributed by atoms with Crippen LogP contribution in [0.3, 0.4) is 0 Å². The highest BCUT2D eigenvalue weighted by Gasteiger charge is 2.43. The first-order valence-electron chi connectivity index (χ1n) is 16.4. The van der Waals surface area contributed by atoms with Gasteiger partial charge in [0.25, 0.3) is 0 Å². The molecule has 8 rings (SSSR count). The largest absolute Gasteiger partial charge is 0.309 e. The van der Waals surface area contributed by atoms with Crippen molar-refractivity contribution in [1.29, 1.82) is 15.8 Å². The molecule has 0 fully saturated rings. The molecule has 0 spiro atoms. The van der Waals surface area contributed by atoms with Gasteiger partial charge in [0.2, 0.25) is 0 Å². The number of fused-ring (bicyclic) bond motifs is 3. The van der Waals surface area contributed by atoms with E-state index in [0.29, 0.717) is 16.7 Å². The standard InChI is InChI=1S/C45H28N4Si/c46-29-32-21-23-44-42(26-32)41-18-10-11-19-43(41)49(44)36-25-34(31-48)24-35(28-36)40-22-20-33(30-47)27-45(40)50(37-12-4-1-5-13-37,38-14-6-2-7-15-38)39-16-8-3-9-17-39/h1-28H. The van der Waals surface area contributed by atoms with Gasteiger partial charge >= 0.3 is 0 Å². The minimum atomic E-state index is -3.06. The molecule has 5 heteroatoms. The SMILES string of the molecule is N#Cc1cc(-c2ccc(C#N)cc2[Si](c2ccccc2)(c2ccccc2)c2ccccc2)cc(-n2c3ccccc3c3cc(C#N)ccc32)c1. The summed E-state index contributed by atoms with van der Waals surface area (Å²) in [5.74, 6) is 0. The maximum Gasteiger partial charge on any atom is 0.180 e. The molecule has 1 aromatic heterocycles. The first kappa shape index (κ1) is 30.4. The van der Waals surface area contributed by atoms with Crippen LogP contribution >= 0.6 is 0 Å². The number of benzene rings is 7. The van der Waals surface area contributed by atoms with Crippen LogP contribution in [0.2, 0.25) is 0 Å². The molecule has 0 saturated heterocycles. The summed E-state index contributed by atoms with van der Waals surface area (Å²) in [5, 5.41) is 37.1. The Kier molecular flexibility index (Phi) is 7.63. The van der Waals surface area contributed by atoms with E-state index in [4.69, 9.17) is 0 Å². The molecule has 7 aromatic carbocycles. The zero-order chi connectivity index (χ0) is 34.1. The minimum Gasteiger partial charge on any atom is -0.309 e. The highest BCUT2D eigenvalue weighted by Crippen LogP contribution is 2.35. The number of rotatable bonds is 6. The van der Waals surface area contributed by atoms with Gasteiger partial charge in [-0.2, -0.15) is 15.8 Å². The lowest BCUT2D eigenvalue weighted by atomic mass is 10.0. The van der Waals surface area contributed by atoms with Crippen molar-refractivity contribution in [3.05, 3.63) is 187 Å². The van der Waals surface area contributed by atoms with E-state index in [9.17, 15) is 15.8 Å². The van der Waals surface area contributed by atoms with Crippen LogP contribution in [0.5, 0.6) is 0 Å². The molecule has 4 nitrogen and oxygen atoms in total. The maximum absolute atomic E-state index is 10.4. The predicted molar refractivity (Wildman–Crippen MR) is 204 cm³/mol. The Morgan fingerprint density at radius 2 is 0.940 bits per heavy atom. The van der Waals surface area contributed by atoms with Gasteiger partial charge < -0.3 is 4.57 Å². The Hall–Kier alpha value is -6.97. The number of aromatic nitrogens is 1. The van der Waals surface area contributed by atoms with Crippen molar-refractivity contribution in [2.75, 3.05) is 0 Å². The fourth-order valence-corrected chi connectivity index (χ4v) is 12.5. The average molecular weight is 653 g/mol. The van der Waals surface area contributed by atoms with Gasteiger partial charge in [-0.05, 0) is 86.5 Å². The Bertz CT molecular complexity index is 2580. The second-order valence-electron chi connectivity index (χ2n) is 12.3. The number of hydrogen-bond acceptors (Lipinski definition) is 3. The van der Waals surface area contributed by atoms with Crippen molar-refractivity contribution >= 4 is 50.6 Å². The van der Waals surface area contributed by atoms with E-state index >= 15 is 0 Å². The average Bonchev–Trinajstić information content (AvgIpc) is 3.53. The topological polar surface area (TPSA) is 76.3 Å². The molecular formula is C45H28N4Si.